The summed E-state index contributed by atoms with van der Waals surface area (Å²) in [4.78, 5) is 0. The maximum absolute atomic E-state index is 14.0. The number of halogens is 2. The van der Waals surface area contributed by atoms with Crippen molar-refractivity contribution in [3.05, 3.63) is 59.2 Å². The standard InChI is InChI=1S/C22H26F2O3/c1-3-4-15-5-7-16(8-6-15)17-9-10-18(26-13-17)14-27-20-12-11-19(25-2)21(23)22(20)24/h5-8,11-12,17-18H,3-4,9-10,13-14H2,1-2H3. The van der Waals surface area contributed by atoms with Crippen molar-refractivity contribution in [2.75, 3.05) is 20.3 Å². The van der Waals surface area contributed by atoms with Crippen LogP contribution in [0.5, 0.6) is 11.5 Å². The number of rotatable bonds is 7. The molecule has 0 amide bonds. The molecule has 0 spiro atoms. The van der Waals surface area contributed by atoms with Crippen molar-refractivity contribution in [2.45, 2.75) is 44.6 Å². The molecule has 0 N–H and O–H groups in total. The van der Waals surface area contributed by atoms with Gasteiger partial charge in [-0.05, 0) is 42.5 Å². The molecule has 1 aliphatic heterocycles. The molecule has 3 nitrogen and oxygen atoms in total. The highest BCUT2D eigenvalue weighted by Gasteiger charge is 2.24. The fraction of sp³-hybridized carbons (Fsp3) is 0.455. The van der Waals surface area contributed by atoms with Crippen molar-refractivity contribution in [3.8, 4) is 11.5 Å². The van der Waals surface area contributed by atoms with Gasteiger partial charge in [-0.15, -0.1) is 0 Å². The maximum atomic E-state index is 14.0. The Morgan fingerprint density at radius 1 is 1.00 bits per heavy atom. The summed E-state index contributed by atoms with van der Waals surface area (Å²) in [5.74, 6) is -1.96. The van der Waals surface area contributed by atoms with Gasteiger partial charge in [-0.25, -0.2) is 0 Å². The van der Waals surface area contributed by atoms with Gasteiger partial charge in [-0.1, -0.05) is 37.6 Å². The summed E-state index contributed by atoms with van der Waals surface area (Å²) in [6, 6.07) is 11.5. The van der Waals surface area contributed by atoms with Gasteiger partial charge in [0.05, 0.1) is 19.8 Å². The fourth-order valence-electron chi connectivity index (χ4n) is 3.41. The first-order valence-electron chi connectivity index (χ1n) is 9.47. The third-order valence-electron chi connectivity index (χ3n) is 5.02. The first-order chi connectivity index (χ1) is 13.1. The summed E-state index contributed by atoms with van der Waals surface area (Å²) < 4.78 is 43.8. The van der Waals surface area contributed by atoms with Crippen molar-refractivity contribution in [1.82, 2.24) is 0 Å². The Hall–Kier alpha value is -2.14. The zero-order valence-electron chi connectivity index (χ0n) is 15.8. The minimum Gasteiger partial charge on any atom is -0.494 e. The van der Waals surface area contributed by atoms with Crippen LogP contribution in [0.2, 0.25) is 0 Å². The Balaban J connectivity index is 1.50. The zero-order valence-corrected chi connectivity index (χ0v) is 15.8. The molecule has 0 aliphatic carbocycles. The molecule has 27 heavy (non-hydrogen) atoms. The SMILES string of the molecule is CCCc1ccc(C2CCC(COc3ccc(OC)c(F)c3F)OC2)cc1. The Bertz CT molecular complexity index is 738. The Morgan fingerprint density at radius 2 is 1.70 bits per heavy atom. The highest BCUT2D eigenvalue weighted by molar-refractivity contribution is 5.35. The van der Waals surface area contributed by atoms with Crippen LogP contribution in [0, 0.1) is 11.6 Å². The number of methoxy groups -OCH3 is 1. The molecule has 1 saturated heterocycles. The molecule has 2 unspecified atom stereocenters. The van der Waals surface area contributed by atoms with Crippen LogP contribution in [0.3, 0.4) is 0 Å². The van der Waals surface area contributed by atoms with Gasteiger partial charge in [-0.2, -0.15) is 8.78 Å². The van der Waals surface area contributed by atoms with Crippen molar-refractivity contribution >= 4 is 0 Å². The lowest BCUT2D eigenvalue weighted by atomic mass is 9.90. The second-order valence-corrected chi connectivity index (χ2v) is 6.93. The number of hydrogen-bond donors (Lipinski definition) is 0. The normalized spacial score (nSPS) is 19.7. The highest BCUT2D eigenvalue weighted by Crippen LogP contribution is 2.30. The Kier molecular flexibility index (Phi) is 6.67. The van der Waals surface area contributed by atoms with Crippen molar-refractivity contribution in [2.24, 2.45) is 0 Å². The number of ether oxygens (including phenoxy) is 3. The second-order valence-electron chi connectivity index (χ2n) is 6.93. The monoisotopic (exact) mass is 376 g/mol. The molecule has 146 valence electrons. The van der Waals surface area contributed by atoms with Crippen LogP contribution >= 0.6 is 0 Å². The summed E-state index contributed by atoms with van der Waals surface area (Å²) in [5, 5.41) is 0. The lowest BCUT2D eigenvalue weighted by Gasteiger charge is -2.29. The van der Waals surface area contributed by atoms with Gasteiger partial charge in [0, 0.05) is 5.92 Å². The average molecular weight is 376 g/mol. The third kappa shape index (κ3) is 4.78. The van der Waals surface area contributed by atoms with Crippen molar-refractivity contribution in [3.63, 3.8) is 0 Å². The van der Waals surface area contributed by atoms with E-state index in [1.165, 1.54) is 30.4 Å². The molecule has 1 fully saturated rings. The second kappa shape index (κ2) is 9.18. The van der Waals surface area contributed by atoms with E-state index in [2.05, 4.69) is 31.2 Å². The molecular weight excluding hydrogens is 350 g/mol. The maximum Gasteiger partial charge on any atom is 0.204 e. The largest absolute Gasteiger partial charge is 0.494 e. The summed E-state index contributed by atoms with van der Waals surface area (Å²) >= 11 is 0. The third-order valence-corrected chi connectivity index (χ3v) is 5.02. The number of hydrogen-bond acceptors (Lipinski definition) is 3. The molecule has 0 aromatic heterocycles. The van der Waals surface area contributed by atoms with Crippen LogP contribution in [-0.4, -0.2) is 26.4 Å². The molecule has 2 aromatic carbocycles. The van der Waals surface area contributed by atoms with Crippen LogP contribution in [-0.2, 0) is 11.2 Å². The lowest BCUT2D eigenvalue weighted by Crippen LogP contribution is -2.29. The van der Waals surface area contributed by atoms with E-state index in [1.54, 1.807) is 0 Å². The molecule has 1 aliphatic rings. The van der Waals surface area contributed by atoms with Gasteiger partial charge in [0.1, 0.15) is 6.61 Å². The van der Waals surface area contributed by atoms with Crippen LogP contribution in [0.25, 0.3) is 0 Å². The molecular formula is C22H26F2O3. The van der Waals surface area contributed by atoms with E-state index in [-0.39, 0.29) is 24.2 Å². The van der Waals surface area contributed by atoms with Gasteiger partial charge in [0.25, 0.3) is 0 Å². The first-order valence-corrected chi connectivity index (χ1v) is 9.47. The predicted molar refractivity (Wildman–Crippen MR) is 101 cm³/mol. The van der Waals surface area contributed by atoms with Crippen LogP contribution in [0.15, 0.2) is 36.4 Å². The quantitative estimate of drug-likeness (QED) is 0.659. The number of benzene rings is 2. The van der Waals surface area contributed by atoms with E-state index in [1.807, 2.05) is 0 Å². The van der Waals surface area contributed by atoms with Gasteiger partial charge in [0.2, 0.25) is 11.6 Å². The fourth-order valence-corrected chi connectivity index (χ4v) is 3.41. The van der Waals surface area contributed by atoms with Gasteiger partial charge in [-0.3, -0.25) is 0 Å². The first kappa shape index (κ1) is 19.6. The van der Waals surface area contributed by atoms with Gasteiger partial charge < -0.3 is 14.2 Å². The predicted octanol–water partition coefficient (Wildman–Crippen LogP) is 5.27. The van der Waals surface area contributed by atoms with Crippen LogP contribution < -0.4 is 9.47 Å². The minimum atomic E-state index is -1.04. The zero-order chi connectivity index (χ0) is 19.2. The van der Waals surface area contributed by atoms with Crippen molar-refractivity contribution < 1.29 is 23.0 Å². The Morgan fingerprint density at radius 3 is 2.33 bits per heavy atom. The average Bonchev–Trinajstić information content (AvgIpc) is 2.70. The van der Waals surface area contributed by atoms with Crippen LogP contribution in [0.4, 0.5) is 8.78 Å². The van der Waals surface area contributed by atoms with Crippen molar-refractivity contribution in [1.29, 1.82) is 0 Å². The molecule has 0 saturated carbocycles. The smallest absolute Gasteiger partial charge is 0.204 e. The van der Waals surface area contributed by atoms with E-state index in [0.29, 0.717) is 12.5 Å². The molecule has 0 bridgehead atoms. The summed E-state index contributed by atoms with van der Waals surface area (Å²) in [7, 11) is 1.29. The summed E-state index contributed by atoms with van der Waals surface area (Å²) in [6.07, 6.45) is 3.93. The molecule has 2 aromatic rings. The Labute approximate surface area is 159 Å². The summed E-state index contributed by atoms with van der Waals surface area (Å²) in [5.41, 5.74) is 2.65. The molecule has 3 rings (SSSR count). The minimum absolute atomic E-state index is 0.120. The highest BCUT2D eigenvalue weighted by atomic mass is 19.2. The molecule has 5 heteroatoms. The lowest BCUT2D eigenvalue weighted by molar-refractivity contribution is -0.0219. The summed E-state index contributed by atoms with van der Waals surface area (Å²) in [6.45, 7) is 2.99. The topological polar surface area (TPSA) is 27.7 Å². The van der Waals surface area contributed by atoms with E-state index >= 15 is 0 Å². The van der Waals surface area contributed by atoms with E-state index in [4.69, 9.17) is 14.2 Å². The van der Waals surface area contributed by atoms with Crippen LogP contribution in [0.1, 0.15) is 43.2 Å². The van der Waals surface area contributed by atoms with Gasteiger partial charge in [0.15, 0.2) is 11.5 Å². The van der Waals surface area contributed by atoms with E-state index in [0.717, 1.165) is 25.7 Å². The molecule has 2 atom stereocenters. The van der Waals surface area contributed by atoms with Gasteiger partial charge >= 0.3 is 0 Å². The molecule has 1 heterocycles. The van der Waals surface area contributed by atoms with E-state index < -0.39 is 11.6 Å². The molecule has 0 radical (unpaired) electrons. The number of aryl methyl sites for hydroxylation is 1. The van der Waals surface area contributed by atoms with E-state index in [9.17, 15) is 8.78 Å².